The van der Waals surface area contributed by atoms with Gasteiger partial charge in [0.2, 0.25) is 0 Å². The normalized spacial score (nSPS) is 9.80. The maximum absolute atomic E-state index is 8.74. The second-order valence-electron chi connectivity index (χ2n) is 4.35. The predicted molar refractivity (Wildman–Crippen MR) is 83.2 cm³/mol. The third kappa shape index (κ3) is 52.4. The lowest BCUT2D eigenvalue weighted by atomic mass is 10.1. The van der Waals surface area contributed by atoms with Crippen LogP contribution in [0.15, 0.2) is 0 Å². The molecule has 0 saturated heterocycles. The first-order chi connectivity index (χ1) is 8.41. The first-order valence-electron chi connectivity index (χ1n) is 6.72. The molecule has 0 bridgehead atoms. The summed E-state index contributed by atoms with van der Waals surface area (Å²) in [7, 11) is -4.67. The fourth-order valence-corrected chi connectivity index (χ4v) is 1.60. The average molecular weight is 318 g/mol. The summed E-state index contributed by atoms with van der Waals surface area (Å²) < 4.78 is 31.6. The van der Waals surface area contributed by atoms with Crippen LogP contribution in [-0.2, 0) is 10.4 Å². The van der Waals surface area contributed by atoms with Gasteiger partial charge in [0.05, 0.1) is 0 Å². The van der Waals surface area contributed by atoms with E-state index in [4.69, 9.17) is 22.6 Å². The Bertz CT molecular complexity index is 230. The molecule has 0 spiro atoms. The van der Waals surface area contributed by atoms with Crippen LogP contribution in [-0.4, -0.2) is 29.2 Å². The van der Waals surface area contributed by atoms with E-state index in [0.717, 1.165) is 6.42 Å². The van der Waals surface area contributed by atoms with E-state index < -0.39 is 10.4 Å². The van der Waals surface area contributed by atoms with Crippen molar-refractivity contribution in [3.05, 3.63) is 0 Å². The molecule has 0 heterocycles. The van der Waals surface area contributed by atoms with Crippen molar-refractivity contribution in [1.29, 1.82) is 0 Å². The smallest absolute Gasteiger partial charge is 0.394 e. The highest BCUT2D eigenvalue weighted by Crippen LogP contribution is 2.09. The van der Waals surface area contributed by atoms with Crippen LogP contribution in [0.2, 0.25) is 0 Å². The van der Waals surface area contributed by atoms with Gasteiger partial charge < -0.3 is 17.4 Å². The van der Waals surface area contributed by atoms with Crippen molar-refractivity contribution in [3.8, 4) is 0 Å². The fourth-order valence-electron chi connectivity index (χ4n) is 1.60. The van der Waals surface area contributed by atoms with Gasteiger partial charge in [-0.2, -0.15) is 8.42 Å². The third-order valence-corrected chi connectivity index (χ3v) is 2.51. The van der Waals surface area contributed by atoms with E-state index >= 15 is 0 Å². The molecule has 0 fully saturated rings. The van der Waals surface area contributed by atoms with Crippen molar-refractivity contribution in [1.82, 2.24) is 12.3 Å². The van der Waals surface area contributed by atoms with Crippen molar-refractivity contribution < 1.29 is 22.6 Å². The van der Waals surface area contributed by atoms with Crippen LogP contribution in [0.5, 0.6) is 0 Å². The van der Waals surface area contributed by atoms with Gasteiger partial charge in [-0.15, -0.1) is 0 Å². The van der Waals surface area contributed by atoms with Gasteiger partial charge >= 0.3 is 10.4 Å². The van der Waals surface area contributed by atoms with Crippen molar-refractivity contribution >= 4 is 10.4 Å². The van der Waals surface area contributed by atoms with Gasteiger partial charge in [0, 0.05) is 6.61 Å². The number of aliphatic hydroxyl groups is 1. The lowest BCUT2D eigenvalue weighted by molar-refractivity contribution is 0.282. The number of rotatable bonds is 10. The molecule has 0 radical (unpaired) electrons. The Morgan fingerprint density at radius 3 is 1.20 bits per heavy atom. The molecule has 0 atom stereocenters. The molecule has 0 aliphatic heterocycles. The molecule has 0 saturated carbocycles. The Morgan fingerprint density at radius 1 is 0.700 bits per heavy atom. The average Bonchev–Trinajstić information content (AvgIpc) is 2.25. The molecule has 0 amide bonds. The molecule has 8 heteroatoms. The van der Waals surface area contributed by atoms with Crippen LogP contribution in [0, 0.1) is 0 Å². The third-order valence-electron chi connectivity index (χ3n) is 2.51. The summed E-state index contributed by atoms with van der Waals surface area (Å²) in [6.45, 7) is 2.63. The molecule has 0 aromatic heterocycles. The van der Waals surface area contributed by atoms with E-state index in [2.05, 4.69) is 6.92 Å². The quantitative estimate of drug-likeness (QED) is 0.303. The van der Waals surface area contributed by atoms with E-state index in [1.165, 1.54) is 57.8 Å². The summed E-state index contributed by atoms with van der Waals surface area (Å²) >= 11 is 0. The van der Waals surface area contributed by atoms with Crippen molar-refractivity contribution in [2.24, 2.45) is 0 Å². The first-order valence-corrected chi connectivity index (χ1v) is 8.12. The van der Waals surface area contributed by atoms with E-state index in [1.807, 2.05) is 0 Å². The Morgan fingerprint density at radius 2 is 0.950 bits per heavy atom. The molecule has 9 N–H and O–H groups in total. The molecular weight excluding hydrogens is 284 g/mol. The topological polar surface area (TPSA) is 165 Å². The summed E-state index contributed by atoms with van der Waals surface area (Å²) in [5, 5.41) is 8.57. The first kappa shape index (κ1) is 28.0. The van der Waals surface area contributed by atoms with E-state index in [1.54, 1.807) is 0 Å². The molecule has 0 aliphatic rings. The van der Waals surface area contributed by atoms with Gasteiger partial charge in [-0.25, -0.2) is 0 Å². The molecule has 0 aliphatic carbocycles. The largest absolute Gasteiger partial charge is 0.396 e. The van der Waals surface area contributed by atoms with Gasteiger partial charge in [-0.05, 0) is 6.42 Å². The van der Waals surface area contributed by atoms with Gasteiger partial charge in [-0.3, -0.25) is 9.11 Å². The summed E-state index contributed by atoms with van der Waals surface area (Å²) in [6, 6.07) is 0. The highest BCUT2D eigenvalue weighted by molar-refractivity contribution is 7.79. The molecule has 128 valence electrons. The van der Waals surface area contributed by atoms with E-state index in [9.17, 15) is 0 Å². The van der Waals surface area contributed by atoms with Crippen LogP contribution in [0.4, 0.5) is 0 Å². The van der Waals surface area contributed by atoms with Crippen molar-refractivity contribution in [3.63, 3.8) is 0 Å². The summed E-state index contributed by atoms with van der Waals surface area (Å²) in [6.07, 6.45) is 13.3. The zero-order valence-corrected chi connectivity index (χ0v) is 13.6. The number of aliphatic hydroxyl groups excluding tert-OH is 1. The Balaban J connectivity index is -0.000000158. The van der Waals surface area contributed by atoms with Crippen LogP contribution in [0.25, 0.3) is 0 Å². The van der Waals surface area contributed by atoms with Crippen LogP contribution in [0.1, 0.15) is 71.1 Å². The minimum Gasteiger partial charge on any atom is -0.396 e. The number of hydrogen-bond donors (Lipinski definition) is 5. The second kappa shape index (κ2) is 21.1. The zero-order valence-electron chi connectivity index (χ0n) is 12.8. The molecule has 0 unspecified atom stereocenters. The van der Waals surface area contributed by atoms with Crippen LogP contribution in [0.3, 0.4) is 0 Å². The summed E-state index contributed by atoms with van der Waals surface area (Å²) in [5.74, 6) is 0. The molecule has 0 aromatic rings. The standard InChI is InChI=1S/C12H26O.2H3N.H2O4S/c1-2-3-4-5-6-7-8-9-10-11-12-13;;;1-5(2,3)4/h13H,2-12H2,1H3;2*1H3;(H2,1,2,3,4). The second-order valence-corrected chi connectivity index (χ2v) is 5.25. The summed E-state index contributed by atoms with van der Waals surface area (Å²) in [4.78, 5) is 0. The van der Waals surface area contributed by atoms with Gasteiger partial charge in [0.25, 0.3) is 0 Å². The highest BCUT2D eigenvalue weighted by Gasteiger charge is 1.91. The van der Waals surface area contributed by atoms with Crippen molar-refractivity contribution in [2.75, 3.05) is 6.61 Å². The monoisotopic (exact) mass is 318 g/mol. The maximum atomic E-state index is 8.74. The Hall–Kier alpha value is -0.250. The Labute approximate surface area is 123 Å². The number of unbranched alkanes of at least 4 members (excludes halogenated alkanes) is 9. The van der Waals surface area contributed by atoms with Crippen LogP contribution >= 0.6 is 0 Å². The zero-order chi connectivity index (χ0) is 14.3. The van der Waals surface area contributed by atoms with E-state index in [0.29, 0.717) is 6.61 Å². The predicted octanol–water partition coefficient (Wildman–Crippen LogP) is 3.57. The molecule has 7 nitrogen and oxygen atoms in total. The van der Waals surface area contributed by atoms with Crippen LogP contribution < -0.4 is 12.3 Å². The van der Waals surface area contributed by atoms with Gasteiger partial charge in [0.1, 0.15) is 0 Å². The SMILES string of the molecule is CCCCCCCCCCCCO.N.N.O=S(=O)(O)O. The van der Waals surface area contributed by atoms with Gasteiger partial charge in [0.15, 0.2) is 0 Å². The van der Waals surface area contributed by atoms with Gasteiger partial charge in [-0.1, -0.05) is 64.7 Å². The molecular formula is C12H34N2O5S. The minimum absolute atomic E-state index is 0. The maximum Gasteiger partial charge on any atom is 0.394 e. The molecule has 0 aromatic carbocycles. The minimum atomic E-state index is -4.67. The lowest BCUT2D eigenvalue weighted by Crippen LogP contribution is -1.89. The summed E-state index contributed by atoms with van der Waals surface area (Å²) in [5.41, 5.74) is 0. The highest BCUT2D eigenvalue weighted by atomic mass is 32.3. The molecule has 20 heavy (non-hydrogen) atoms. The van der Waals surface area contributed by atoms with Crippen molar-refractivity contribution in [2.45, 2.75) is 71.1 Å². The fraction of sp³-hybridized carbons (Fsp3) is 1.00. The number of hydrogen-bond acceptors (Lipinski definition) is 5. The Kier molecular flexibility index (Phi) is 29.5. The lowest BCUT2D eigenvalue weighted by Gasteiger charge is -2.00. The molecule has 0 rings (SSSR count). The van der Waals surface area contributed by atoms with E-state index in [-0.39, 0.29) is 12.3 Å².